The Morgan fingerprint density at radius 3 is 2.67 bits per heavy atom. The third-order valence-electron chi connectivity index (χ3n) is 4.10. The fourth-order valence-corrected chi connectivity index (χ4v) is 5.25. The minimum absolute atomic E-state index is 0.818. The summed E-state index contributed by atoms with van der Waals surface area (Å²) in [6.45, 7) is 5.33. The van der Waals surface area contributed by atoms with Crippen LogP contribution >= 0.6 is 23.1 Å². The molecule has 1 nitrogen and oxygen atoms in total. The molecular formula is C18H23NS2. The maximum absolute atomic E-state index is 3.64. The number of para-hydroxylation sites is 1. The van der Waals surface area contributed by atoms with Crippen LogP contribution in [-0.2, 0) is 6.54 Å². The molecule has 0 radical (unpaired) electrons. The van der Waals surface area contributed by atoms with Gasteiger partial charge in [-0.2, -0.15) is 0 Å². The minimum Gasteiger partial charge on any atom is -0.380 e. The lowest BCUT2D eigenvalue weighted by atomic mass is 10.2. The van der Waals surface area contributed by atoms with Crippen LogP contribution < -0.4 is 5.32 Å². The largest absolute Gasteiger partial charge is 0.380 e. The molecular weight excluding hydrogens is 294 g/mol. The van der Waals surface area contributed by atoms with Crippen LogP contribution in [0, 0.1) is 13.8 Å². The first-order valence-electron chi connectivity index (χ1n) is 7.78. The summed E-state index contributed by atoms with van der Waals surface area (Å²) in [4.78, 5) is 4.24. The SMILES string of the molecule is Cc1cc(CNc2ccccc2SC2CCCC2)c(C)s1. The molecule has 0 unspecified atom stereocenters. The van der Waals surface area contributed by atoms with Crippen molar-refractivity contribution in [2.45, 2.75) is 56.2 Å². The Kier molecular flexibility index (Phi) is 4.91. The van der Waals surface area contributed by atoms with E-state index in [2.05, 4.69) is 61.3 Å². The normalized spacial score (nSPS) is 15.5. The molecule has 1 aromatic carbocycles. The first kappa shape index (κ1) is 15.0. The van der Waals surface area contributed by atoms with Crippen molar-refractivity contribution in [3.05, 3.63) is 45.6 Å². The van der Waals surface area contributed by atoms with Crippen molar-refractivity contribution < 1.29 is 0 Å². The Bertz CT molecular complexity index is 597. The van der Waals surface area contributed by atoms with E-state index in [1.807, 2.05) is 11.3 Å². The predicted molar refractivity (Wildman–Crippen MR) is 95.7 cm³/mol. The van der Waals surface area contributed by atoms with Crippen molar-refractivity contribution in [3.63, 3.8) is 0 Å². The number of thioether (sulfide) groups is 1. The van der Waals surface area contributed by atoms with E-state index in [1.165, 1.54) is 51.6 Å². The zero-order valence-corrected chi connectivity index (χ0v) is 14.4. The monoisotopic (exact) mass is 317 g/mol. The van der Waals surface area contributed by atoms with Gasteiger partial charge >= 0.3 is 0 Å². The molecule has 1 aliphatic rings. The lowest BCUT2D eigenvalue weighted by Crippen LogP contribution is -2.02. The summed E-state index contributed by atoms with van der Waals surface area (Å²) in [5.41, 5.74) is 2.72. The molecule has 3 heteroatoms. The Hall–Kier alpha value is -0.930. The summed E-state index contributed by atoms with van der Waals surface area (Å²) in [6.07, 6.45) is 5.56. The Labute approximate surface area is 136 Å². The number of nitrogens with one attached hydrogen (secondary N) is 1. The van der Waals surface area contributed by atoms with Crippen molar-refractivity contribution in [1.82, 2.24) is 0 Å². The fraction of sp³-hybridized carbons (Fsp3) is 0.444. The summed E-state index contributed by atoms with van der Waals surface area (Å²) in [5.74, 6) is 0. The maximum atomic E-state index is 3.64. The lowest BCUT2D eigenvalue weighted by molar-refractivity contribution is 0.886. The molecule has 1 N–H and O–H groups in total. The van der Waals surface area contributed by atoms with Gasteiger partial charge in [-0.3, -0.25) is 0 Å². The van der Waals surface area contributed by atoms with Gasteiger partial charge in [0.1, 0.15) is 0 Å². The van der Waals surface area contributed by atoms with Crippen LogP contribution in [0.5, 0.6) is 0 Å². The number of hydrogen-bond acceptors (Lipinski definition) is 3. The van der Waals surface area contributed by atoms with Gasteiger partial charge in [-0.25, -0.2) is 0 Å². The van der Waals surface area contributed by atoms with Crippen LogP contribution in [0.15, 0.2) is 35.2 Å². The molecule has 3 rings (SSSR count). The average Bonchev–Trinajstić information content (AvgIpc) is 3.08. The van der Waals surface area contributed by atoms with Crippen LogP contribution in [0.4, 0.5) is 5.69 Å². The average molecular weight is 318 g/mol. The highest BCUT2D eigenvalue weighted by Crippen LogP contribution is 2.38. The molecule has 112 valence electrons. The Morgan fingerprint density at radius 2 is 1.95 bits per heavy atom. The first-order valence-corrected chi connectivity index (χ1v) is 9.47. The Morgan fingerprint density at radius 1 is 1.19 bits per heavy atom. The molecule has 0 spiro atoms. The van der Waals surface area contributed by atoms with Gasteiger partial charge in [-0.15, -0.1) is 23.1 Å². The van der Waals surface area contributed by atoms with Gasteiger partial charge < -0.3 is 5.32 Å². The van der Waals surface area contributed by atoms with E-state index >= 15 is 0 Å². The molecule has 1 aromatic heterocycles. The number of rotatable bonds is 5. The van der Waals surface area contributed by atoms with Gasteiger partial charge in [0.05, 0.1) is 0 Å². The van der Waals surface area contributed by atoms with Crippen LogP contribution in [-0.4, -0.2) is 5.25 Å². The van der Waals surface area contributed by atoms with Gasteiger partial charge in [0.25, 0.3) is 0 Å². The van der Waals surface area contributed by atoms with E-state index in [9.17, 15) is 0 Å². The highest BCUT2D eigenvalue weighted by Gasteiger charge is 2.17. The molecule has 21 heavy (non-hydrogen) atoms. The molecule has 1 heterocycles. The summed E-state index contributed by atoms with van der Waals surface area (Å²) in [5, 5.41) is 4.46. The van der Waals surface area contributed by atoms with Crippen molar-refractivity contribution >= 4 is 28.8 Å². The number of anilines is 1. The van der Waals surface area contributed by atoms with Gasteiger partial charge in [0.2, 0.25) is 0 Å². The molecule has 0 amide bonds. The molecule has 0 aliphatic heterocycles. The third kappa shape index (κ3) is 3.83. The Balaban J connectivity index is 1.68. The second-order valence-electron chi connectivity index (χ2n) is 5.81. The van der Waals surface area contributed by atoms with E-state index in [4.69, 9.17) is 0 Å². The quantitative estimate of drug-likeness (QED) is 0.724. The fourth-order valence-electron chi connectivity index (χ4n) is 2.95. The zero-order valence-electron chi connectivity index (χ0n) is 12.8. The summed E-state index contributed by atoms with van der Waals surface area (Å²) < 4.78 is 0. The molecule has 1 saturated carbocycles. The van der Waals surface area contributed by atoms with Crippen LogP contribution in [0.25, 0.3) is 0 Å². The number of aryl methyl sites for hydroxylation is 2. The standard InChI is InChI=1S/C18H23NS2/c1-13-11-15(14(2)20-13)12-19-17-9-5-6-10-18(17)21-16-7-3-4-8-16/h5-6,9-11,16,19H,3-4,7-8,12H2,1-2H3. The van der Waals surface area contributed by atoms with Gasteiger partial charge in [0.15, 0.2) is 0 Å². The summed E-state index contributed by atoms with van der Waals surface area (Å²) in [6, 6.07) is 11.1. The van der Waals surface area contributed by atoms with Crippen molar-refractivity contribution in [3.8, 4) is 0 Å². The maximum Gasteiger partial charge on any atom is 0.0481 e. The van der Waals surface area contributed by atoms with Gasteiger partial charge in [0, 0.05) is 32.1 Å². The van der Waals surface area contributed by atoms with Crippen LogP contribution in [0.3, 0.4) is 0 Å². The molecule has 1 aliphatic carbocycles. The topological polar surface area (TPSA) is 12.0 Å². The molecule has 1 fully saturated rings. The highest BCUT2D eigenvalue weighted by atomic mass is 32.2. The molecule has 0 saturated heterocycles. The summed E-state index contributed by atoms with van der Waals surface area (Å²) >= 11 is 3.95. The smallest absolute Gasteiger partial charge is 0.0481 e. The second kappa shape index (κ2) is 6.89. The third-order valence-corrected chi connectivity index (χ3v) is 6.52. The van der Waals surface area contributed by atoms with Crippen molar-refractivity contribution in [2.75, 3.05) is 5.32 Å². The highest BCUT2D eigenvalue weighted by molar-refractivity contribution is 8.00. The van der Waals surface area contributed by atoms with Crippen molar-refractivity contribution in [1.29, 1.82) is 0 Å². The van der Waals surface area contributed by atoms with Crippen LogP contribution in [0.1, 0.15) is 41.0 Å². The first-order chi connectivity index (χ1) is 10.2. The second-order valence-corrected chi connectivity index (χ2v) is 8.62. The van der Waals surface area contributed by atoms with Gasteiger partial charge in [-0.05, 0) is 50.5 Å². The van der Waals surface area contributed by atoms with Gasteiger partial charge in [-0.1, -0.05) is 25.0 Å². The van der Waals surface area contributed by atoms with Crippen LogP contribution in [0.2, 0.25) is 0 Å². The number of benzene rings is 1. The number of hydrogen-bond donors (Lipinski definition) is 1. The molecule has 0 bridgehead atoms. The van der Waals surface area contributed by atoms with E-state index in [-0.39, 0.29) is 0 Å². The minimum atomic E-state index is 0.818. The van der Waals surface area contributed by atoms with E-state index in [1.54, 1.807) is 0 Å². The van der Waals surface area contributed by atoms with Crippen molar-refractivity contribution in [2.24, 2.45) is 0 Å². The lowest BCUT2D eigenvalue weighted by Gasteiger charge is -2.14. The zero-order chi connectivity index (χ0) is 14.7. The van der Waals surface area contributed by atoms with E-state index in [0.717, 1.165) is 11.8 Å². The number of thiophene rings is 1. The summed E-state index contributed by atoms with van der Waals surface area (Å²) in [7, 11) is 0. The molecule has 2 aromatic rings. The predicted octanol–water partition coefficient (Wildman–Crippen LogP) is 6.01. The van der Waals surface area contributed by atoms with E-state index < -0.39 is 0 Å². The van der Waals surface area contributed by atoms with E-state index in [0.29, 0.717) is 0 Å². The molecule has 0 atom stereocenters.